The number of hydrogen-bond acceptors (Lipinski definition) is 6. The number of rotatable bonds is 6. The molecular weight excluding hydrogens is 340 g/mol. The summed E-state index contributed by atoms with van der Waals surface area (Å²) in [4.78, 5) is 7.00. The van der Waals surface area contributed by atoms with Crippen LogP contribution in [0.25, 0.3) is 0 Å². The summed E-state index contributed by atoms with van der Waals surface area (Å²) in [6.07, 6.45) is 0. The number of ether oxygens (including phenoxy) is 2. The molecular formula is C21H28N4O2. The maximum absolute atomic E-state index is 5.48. The molecule has 1 aromatic carbocycles. The second kappa shape index (κ2) is 8.97. The van der Waals surface area contributed by atoms with E-state index in [0.29, 0.717) is 6.61 Å². The van der Waals surface area contributed by atoms with Gasteiger partial charge in [0.15, 0.2) is 0 Å². The van der Waals surface area contributed by atoms with Crippen molar-refractivity contribution in [2.45, 2.75) is 20.8 Å². The molecule has 144 valence electrons. The summed E-state index contributed by atoms with van der Waals surface area (Å²) < 4.78 is 10.8. The van der Waals surface area contributed by atoms with E-state index in [-0.39, 0.29) is 0 Å². The topological polar surface area (TPSA) is 59.0 Å². The third-order valence-corrected chi connectivity index (χ3v) is 4.78. The van der Waals surface area contributed by atoms with E-state index in [9.17, 15) is 0 Å². The van der Waals surface area contributed by atoms with Gasteiger partial charge in [0.25, 0.3) is 0 Å². The summed E-state index contributed by atoms with van der Waals surface area (Å²) in [5, 5.41) is 4.59. The first kappa shape index (κ1) is 19.3. The van der Waals surface area contributed by atoms with Gasteiger partial charge in [-0.25, -0.2) is 4.98 Å². The standard InChI is InChI=1S/C21H28N4O2/c1-15-6-5-7-18(12-15)19(14-26-4)23-24-21-13-20(16(2)17(3)22-21)25-8-10-27-11-9-25/h5-7,12-13H,8-11,14H2,1-4H3,(H,22,24)/b23-19+. The number of benzene rings is 1. The quantitative estimate of drug-likeness (QED) is 0.626. The minimum Gasteiger partial charge on any atom is -0.378 e. The molecule has 1 aliphatic heterocycles. The number of hydrazone groups is 1. The number of aromatic nitrogens is 1. The number of aryl methyl sites for hydroxylation is 2. The highest BCUT2D eigenvalue weighted by Gasteiger charge is 2.16. The predicted octanol–water partition coefficient (Wildman–Crippen LogP) is 3.31. The van der Waals surface area contributed by atoms with Gasteiger partial charge >= 0.3 is 0 Å². The van der Waals surface area contributed by atoms with E-state index >= 15 is 0 Å². The Morgan fingerprint density at radius 3 is 2.70 bits per heavy atom. The summed E-state index contributed by atoms with van der Waals surface area (Å²) in [6, 6.07) is 10.3. The average Bonchev–Trinajstić information content (AvgIpc) is 2.68. The Kier molecular flexibility index (Phi) is 6.42. The van der Waals surface area contributed by atoms with E-state index in [1.54, 1.807) is 7.11 Å². The predicted molar refractivity (Wildman–Crippen MR) is 110 cm³/mol. The van der Waals surface area contributed by atoms with Crippen molar-refractivity contribution < 1.29 is 9.47 Å². The van der Waals surface area contributed by atoms with Crippen LogP contribution in [0.15, 0.2) is 35.4 Å². The largest absolute Gasteiger partial charge is 0.378 e. The van der Waals surface area contributed by atoms with Crippen molar-refractivity contribution in [1.82, 2.24) is 4.98 Å². The lowest BCUT2D eigenvalue weighted by molar-refractivity contribution is 0.122. The lowest BCUT2D eigenvalue weighted by Gasteiger charge is -2.30. The van der Waals surface area contributed by atoms with Crippen LogP contribution in [0.4, 0.5) is 11.5 Å². The maximum atomic E-state index is 5.48. The van der Waals surface area contributed by atoms with Gasteiger partial charge in [0.2, 0.25) is 0 Å². The van der Waals surface area contributed by atoms with Crippen molar-refractivity contribution in [3.63, 3.8) is 0 Å². The number of methoxy groups -OCH3 is 1. The summed E-state index contributed by atoms with van der Waals surface area (Å²) in [6.45, 7) is 9.95. The normalized spacial score (nSPS) is 15.1. The molecule has 1 aromatic heterocycles. The summed E-state index contributed by atoms with van der Waals surface area (Å²) >= 11 is 0. The highest BCUT2D eigenvalue weighted by molar-refractivity contribution is 6.02. The molecule has 2 heterocycles. The van der Waals surface area contributed by atoms with Crippen molar-refractivity contribution in [2.75, 3.05) is 50.3 Å². The van der Waals surface area contributed by atoms with Crippen LogP contribution in [0.3, 0.4) is 0 Å². The molecule has 1 fully saturated rings. The van der Waals surface area contributed by atoms with Gasteiger partial charge in [-0.1, -0.05) is 29.8 Å². The van der Waals surface area contributed by atoms with E-state index in [1.165, 1.54) is 16.8 Å². The monoisotopic (exact) mass is 368 g/mol. The Morgan fingerprint density at radius 2 is 2.00 bits per heavy atom. The number of morpholine rings is 1. The second-order valence-electron chi connectivity index (χ2n) is 6.81. The molecule has 0 saturated carbocycles. The van der Waals surface area contributed by atoms with Crippen LogP contribution in [0.2, 0.25) is 0 Å². The summed E-state index contributed by atoms with van der Waals surface area (Å²) in [5.41, 5.74) is 9.59. The van der Waals surface area contributed by atoms with Gasteiger partial charge in [-0.15, -0.1) is 0 Å². The molecule has 6 nitrogen and oxygen atoms in total. The highest BCUT2D eigenvalue weighted by atomic mass is 16.5. The first-order chi connectivity index (χ1) is 13.1. The van der Waals surface area contributed by atoms with Gasteiger partial charge in [-0.05, 0) is 26.3 Å². The number of nitrogens with zero attached hydrogens (tertiary/aromatic N) is 3. The Labute approximate surface area is 161 Å². The van der Waals surface area contributed by atoms with Crippen molar-refractivity contribution in [3.05, 3.63) is 52.7 Å². The highest BCUT2D eigenvalue weighted by Crippen LogP contribution is 2.26. The lowest BCUT2D eigenvalue weighted by Crippen LogP contribution is -2.36. The smallest absolute Gasteiger partial charge is 0.148 e. The average molecular weight is 368 g/mol. The fourth-order valence-electron chi connectivity index (χ4n) is 3.18. The SMILES string of the molecule is COC/C(=N\Nc1cc(N2CCOCC2)c(C)c(C)n1)c1cccc(C)c1. The Balaban J connectivity index is 1.86. The molecule has 3 rings (SSSR count). The minimum atomic E-state index is 0.428. The molecule has 0 radical (unpaired) electrons. The van der Waals surface area contributed by atoms with Crippen LogP contribution in [-0.2, 0) is 9.47 Å². The van der Waals surface area contributed by atoms with E-state index in [4.69, 9.17) is 9.47 Å². The molecule has 2 aromatic rings. The Bertz CT molecular complexity index is 814. The molecule has 0 amide bonds. The second-order valence-corrected chi connectivity index (χ2v) is 6.81. The molecule has 1 saturated heterocycles. The van der Waals surface area contributed by atoms with Crippen LogP contribution in [-0.4, -0.2) is 50.7 Å². The van der Waals surface area contributed by atoms with Crippen LogP contribution < -0.4 is 10.3 Å². The van der Waals surface area contributed by atoms with Crippen molar-refractivity contribution >= 4 is 17.2 Å². The van der Waals surface area contributed by atoms with E-state index in [1.807, 2.05) is 19.1 Å². The summed E-state index contributed by atoms with van der Waals surface area (Å²) in [7, 11) is 1.68. The fourth-order valence-corrected chi connectivity index (χ4v) is 3.18. The zero-order valence-corrected chi connectivity index (χ0v) is 16.6. The van der Waals surface area contributed by atoms with Gasteiger partial charge in [0.05, 0.1) is 25.5 Å². The first-order valence-electron chi connectivity index (χ1n) is 9.28. The van der Waals surface area contributed by atoms with Crippen LogP contribution in [0.5, 0.6) is 0 Å². The third kappa shape index (κ3) is 4.84. The van der Waals surface area contributed by atoms with Gasteiger partial charge in [-0.2, -0.15) is 5.10 Å². The van der Waals surface area contributed by atoms with Crippen molar-refractivity contribution in [3.8, 4) is 0 Å². The zero-order chi connectivity index (χ0) is 19.2. The molecule has 0 spiro atoms. The zero-order valence-electron chi connectivity index (χ0n) is 16.6. The van der Waals surface area contributed by atoms with Gasteiger partial charge < -0.3 is 14.4 Å². The molecule has 0 atom stereocenters. The van der Waals surface area contributed by atoms with E-state index in [0.717, 1.165) is 49.1 Å². The van der Waals surface area contributed by atoms with Gasteiger partial charge in [0.1, 0.15) is 5.82 Å². The molecule has 1 aliphatic rings. The number of hydrogen-bond donors (Lipinski definition) is 1. The molecule has 1 N–H and O–H groups in total. The van der Waals surface area contributed by atoms with Gasteiger partial charge in [0, 0.05) is 43.2 Å². The fraction of sp³-hybridized carbons (Fsp3) is 0.429. The third-order valence-electron chi connectivity index (χ3n) is 4.78. The first-order valence-corrected chi connectivity index (χ1v) is 9.28. The molecule has 6 heteroatoms. The number of nitrogens with one attached hydrogen (secondary N) is 1. The van der Waals surface area contributed by atoms with Crippen LogP contribution in [0, 0.1) is 20.8 Å². The maximum Gasteiger partial charge on any atom is 0.148 e. The van der Waals surface area contributed by atoms with Gasteiger partial charge in [-0.3, -0.25) is 5.43 Å². The van der Waals surface area contributed by atoms with Crippen LogP contribution >= 0.6 is 0 Å². The number of anilines is 2. The van der Waals surface area contributed by atoms with Crippen LogP contribution in [0.1, 0.15) is 22.4 Å². The Morgan fingerprint density at radius 1 is 1.22 bits per heavy atom. The molecule has 0 unspecified atom stereocenters. The molecule has 27 heavy (non-hydrogen) atoms. The molecule has 0 bridgehead atoms. The Hall–Kier alpha value is -2.44. The molecule has 0 aliphatic carbocycles. The van der Waals surface area contributed by atoms with Crippen molar-refractivity contribution in [1.29, 1.82) is 0 Å². The van der Waals surface area contributed by atoms with E-state index in [2.05, 4.69) is 52.5 Å². The lowest BCUT2D eigenvalue weighted by atomic mass is 10.1. The summed E-state index contributed by atoms with van der Waals surface area (Å²) in [5.74, 6) is 0.737. The van der Waals surface area contributed by atoms with E-state index < -0.39 is 0 Å². The minimum absolute atomic E-state index is 0.428. The number of pyridine rings is 1. The van der Waals surface area contributed by atoms with Crippen molar-refractivity contribution in [2.24, 2.45) is 5.10 Å².